The van der Waals surface area contributed by atoms with Crippen LogP contribution >= 0.6 is 38.5 Å². The third kappa shape index (κ3) is 1.57. The maximum Gasteiger partial charge on any atom is 0.162 e. The second-order valence-electron chi connectivity index (χ2n) is 2.55. The van der Waals surface area contributed by atoms with Gasteiger partial charge in [-0.1, -0.05) is 22.0 Å². The average Bonchev–Trinajstić information content (AvgIpc) is 2.15. The molecule has 0 atom stereocenters. The monoisotopic (exact) mass is 351 g/mol. The Hall–Kier alpha value is -0.230. The van der Waals surface area contributed by atoms with Gasteiger partial charge < -0.3 is 0 Å². The van der Waals surface area contributed by atoms with Gasteiger partial charge in [0.25, 0.3) is 0 Å². The number of halogens is 3. The van der Waals surface area contributed by atoms with Crippen molar-refractivity contribution >= 4 is 49.4 Å². The Morgan fingerprint density at radius 3 is 3.00 bits per heavy atom. The van der Waals surface area contributed by atoms with E-state index >= 15 is 0 Å². The highest BCUT2D eigenvalue weighted by Crippen LogP contribution is 2.27. The zero-order valence-corrected chi connectivity index (χ0v) is 10.1. The van der Waals surface area contributed by atoms with Crippen LogP contribution in [0.1, 0.15) is 0 Å². The molecule has 0 fully saturated rings. The molecule has 13 heavy (non-hydrogen) atoms. The fourth-order valence-electron chi connectivity index (χ4n) is 1.14. The number of rotatable bonds is 0. The maximum absolute atomic E-state index is 13.5. The molecule has 1 nitrogen and oxygen atoms in total. The molecule has 0 saturated heterocycles. The zero-order valence-electron chi connectivity index (χ0n) is 6.39. The molecule has 1 aromatic carbocycles. The summed E-state index contributed by atoms with van der Waals surface area (Å²) in [5.41, 5.74) is 0.418. The second-order valence-corrected chi connectivity index (χ2v) is 4.57. The van der Waals surface area contributed by atoms with Crippen molar-refractivity contribution in [3.63, 3.8) is 0 Å². The van der Waals surface area contributed by atoms with E-state index < -0.39 is 0 Å². The number of pyridine rings is 1. The van der Waals surface area contributed by atoms with Crippen LogP contribution in [0.2, 0.25) is 0 Å². The van der Waals surface area contributed by atoms with Crippen LogP contribution in [-0.2, 0) is 0 Å². The summed E-state index contributed by atoms with van der Waals surface area (Å²) in [6.07, 6.45) is 1.59. The van der Waals surface area contributed by atoms with E-state index in [1.165, 1.54) is 0 Å². The van der Waals surface area contributed by atoms with Crippen LogP contribution in [0, 0.1) is 9.39 Å². The third-order valence-electron chi connectivity index (χ3n) is 1.74. The van der Waals surface area contributed by atoms with Crippen molar-refractivity contribution < 1.29 is 4.39 Å². The lowest BCUT2D eigenvalue weighted by molar-refractivity contribution is 0.629. The summed E-state index contributed by atoms with van der Waals surface area (Å²) < 4.78 is 14.9. The van der Waals surface area contributed by atoms with Crippen LogP contribution in [0.4, 0.5) is 4.39 Å². The molecule has 0 spiro atoms. The first-order valence-corrected chi connectivity index (χ1v) is 5.45. The molecule has 0 bridgehead atoms. The van der Waals surface area contributed by atoms with Gasteiger partial charge in [0.15, 0.2) is 5.82 Å². The molecule has 1 aromatic heterocycles. The lowest BCUT2D eigenvalue weighted by Gasteiger charge is -2.02. The highest BCUT2D eigenvalue weighted by Gasteiger charge is 2.08. The molecule has 0 saturated carbocycles. The molecule has 2 rings (SSSR count). The standard InChI is InChI=1S/C9H4BrFIN/c10-6-4-7(12)8(11)9-5(6)2-1-3-13-9/h1-4H. The number of hydrogen-bond acceptors (Lipinski definition) is 1. The number of nitrogens with zero attached hydrogens (tertiary/aromatic N) is 1. The van der Waals surface area contributed by atoms with Crippen molar-refractivity contribution in [3.8, 4) is 0 Å². The van der Waals surface area contributed by atoms with Crippen molar-refractivity contribution in [3.05, 3.63) is 38.3 Å². The highest BCUT2D eigenvalue weighted by molar-refractivity contribution is 14.1. The average molecular weight is 352 g/mol. The van der Waals surface area contributed by atoms with Gasteiger partial charge in [-0.2, -0.15) is 0 Å². The normalized spacial score (nSPS) is 10.7. The Labute approximate surface area is 96.6 Å². The molecule has 0 radical (unpaired) electrons. The van der Waals surface area contributed by atoms with Crippen molar-refractivity contribution in [1.29, 1.82) is 0 Å². The first-order valence-electron chi connectivity index (χ1n) is 3.58. The Morgan fingerprint density at radius 1 is 1.46 bits per heavy atom. The molecule has 0 aliphatic heterocycles. The van der Waals surface area contributed by atoms with Gasteiger partial charge in [0.2, 0.25) is 0 Å². The first kappa shape index (κ1) is 9.33. The lowest BCUT2D eigenvalue weighted by atomic mass is 10.2. The van der Waals surface area contributed by atoms with Gasteiger partial charge in [-0.25, -0.2) is 4.39 Å². The number of benzene rings is 1. The van der Waals surface area contributed by atoms with E-state index in [0.29, 0.717) is 9.09 Å². The Bertz CT molecular complexity index is 472. The topological polar surface area (TPSA) is 12.9 Å². The number of aromatic nitrogens is 1. The van der Waals surface area contributed by atoms with Crippen LogP contribution in [0.5, 0.6) is 0 Å². The molecule has 4 heteroatoms. The summed E-state index contributed by atoms with van der Waals surface area (Å²) in [4.78, 5) is 3.99. The summed E-state index contributed by atoms with van der Waals surface area (Å²) in [5, 5.41) is 0.806. The largest absolute Gasteiger partial charge is 0.253 e. The van der Waals surface area contributed by atoms with Crippen LogP contribution in [0.25, 0.3) is 10.9 Å². The van der Waals surface area contributed by atoms with E-state index in [9.17, 15) is 4.39 Å². The van der Waals surface area contributed by atoms with E-state index in [0.717, 1.165) is 9.86 Å². The quantitative estimate of drug-likeness (QED) is 0.520. The van der Waals surface area contributed by atoms with Gasteiger partial charge in [0.05, 0.1) is 3.57 Å². The van der Waals surface area contributed by atoms with Crippen LogP contribution in [-0.4, -0.2) is 4.98 Å². The minimum absolute atomic E-state index is 0.251. The van der Waals surface area contributed by atoms with Crippen LogP contribution < -0.4 is 0 Å². The molecule has 2 aromatic rings. The van der Waals surface area contributed by atoms with Gasteiger partial charge in [-0.05, 0) is 34.7 Å². The summed E-state index contributed by atoms with van der Waals surface area (Å²) in [5.74, 6) is -0.251. The Kier molecular flexibility index (Phi) is 2.51. The van der Waals surface area contributed by atoms with E-state index in [-0.39, 0.29) is 5.82 Å². The van der Waals surface area contributed by atoms with Crippen LogP contribution in [0.15, 0.2) is 28.9 Å². The molecule has 66 valence electrons. The fraction of sp³-hybridized carbons (Fsp3) is 0. The van der Waals surface area contributed by atoms with E-state index in [1.807, 2.05) is 28.7 Å². The summed E-state index contributed by atoms with van der Waals surface area (Å²) >= 11 is 5.32. The molecule has 0 aliphatic carbocycles. The van der Waals surface area contributed by atoms with Gasteiger partial charge in [-0.3, -0.25) is 4.98 Å². The predicted octanol–water partition coefficient (Wildman–Crippen LogP) is 3.74. The maximum atomic E-state index is 13.5. The van der Waals surface area contributed by atoms with Crippen molar-refractivity contribution in [2.24, 2.45) is 0 Å². The van der Waals surface area contributed by atoms with E-state index in [2.05, 4.69) is 20.9 Å². The van der Waals surface area contributed by atoms with Gasteiger partial charge >= 0.3 is 0 Å². The minimum atomic E-state index is -0.251. The van der Waals surface area contributed by atoms with Crippen molar-refractivity contribution in [2.75, 3.05) is 0 Å². The van der Waals surface area contributed by atoms with Crippen molar-refractivity contribution in [2.45, 2.75) is 0 Å². The molecule has 0 unspecified atom stereocenters. The van der Waals surface area contributed by atoms with E-state index in [4.69, 9.17) is 0 Å². The SMILES string of the molecule is Fc1c(I)cc(Br)c2cccnc12. The highest BCUT2D eigenvalue weighted by atomic mass is 127. The smallest absolute Gasteiger partial charge is 0.162 e. The summed E-state index contributed by atoms with van der Waals surface area (Å²) in [6.45, 7) is 0. The Morgan fingerprint density at radius 2 is 2.23 bits per heavy atom. The molecule has 0 aliphatic rings. The number of fused-ring (bicyclic) bond motifs is 1. The minimum Gasteiger partial charge on any atom is -0.253 e. The number of hydrogen-bond donors (Lipinski definition) is 0. The summed E-state index contributed by atoms with van der Waals surface area (Å²) in [6, 6.07) is 5.38. The van der Waals surface area contributed by atoms with Gasteiger partial charge in [0, 0.05) is 16.1 Å². The molecule has 0 amide bonds. The molecule has 0 N–H and O–H groups in total. The van der Waals surface area contributed by atoms with Crippen LogP contribution in [0.3, 0.4) is 0 Å². The predicted molar refractivity (Wildman–Crippen MR) is 62.1 cm³/mol. The van der Waals surface area contributed by atoms with Crippen molar-refractivity contribution in [1.82, 2.24) is 4.98 Å². The first-order chi connectivity index (χ1) is 6.20. The second kappa shape index (κ2) is 3.49. The molecule has 1 heterocycles. The molecular weight excluding hydrogens is 348 g/mol. The van der Waals surface area contributed by atoms with E-state index in [1.54, 1.807) is 18.3 Å². The van der Waals surface area contributed by atoms with Gasteiger partial charge in [0.1, 0.15) is 5.52 Å². The Balaban J connectivity index is 2.97. The fourth-order valence-corrected chi connectivity index (χ4v) is 2.68. The summed E-state index contributed by atoms with van der Waals surface area (Å²) in [7, 11) is 0. The van der Waals surface area contributed by atoms with Gasteiger partial charge in [-0.15, -0.1) is 0 Å². The zero-order chi connectivity index (χ0) is 9.42. The lowest BCUT2D eigenvalue weighted by Crippen LogP contribution is -1.88. The molecular formula is C9H4BrFIN. The third-order valence-corrected chi connectivity index (χ3v) is 3.18.